The second kappa shape index (κ2) is 5.33. The van der Waals surface area contributed by atoms with E-state index >= 15 is 0 Å². The van der Waals surface area contributed by atoms with E-state index in [1.165, 1.54) is 0 Å². The third-order valence-electron chi connectivity index (χ3n) is 0. The fourth-order valence-corrected chi connectivity index (χ4v) is 0. The van der Waals surface area contributed by atoms with Crippen molar-refractivity contribution in [3.8, 4) is 0 Å². The Balaban J connectivity index is -0.0000000800. The summed E-state index contributed by atoms with van der Waals surface area (Å²) in [6, 6.07) is 0. The Hall–Kier alpha value is 1.19. The summed E-state index contributed by atoms with van der Waals surface area (Å²) < 4.78 is 31.6. The monoisotopic (exact) mass is 275 g/mol. The van der Waals surface area contributed by atoms with Crippen LogP contribution < -0.4 is 0 Å². The van der Waals surface area contributed by atoms with Gasteiger partial charge in [0.1, 0.15) is 0 Å². The molecular formula is H4MnO4SSn. The molecule has 2 N–H and O–H groups in total. The van der Waals surface area contributed by atoms with Crippen LogP contribution in [0.4, 0.5) is 0 Å². The van der Waals surface area contributed by atoms with Crippen LogP contribution in [0.5, 0.6) is 0 Å². The molecule has 3 radical (unpaired) electrons. The molecule has 0 atom stereocenters. The second-order valence-corrected chi connectivity index (χ2v) is 1.34. The standard InChI is InChI=1S/Mn.H2O4S.Sn.2H/c;1-5(2,3)4;;;/h;(H2,1,2,3,4);;;. The van der Waals surface area contributed by atoms with Crippen molar-refractivity contribution < 1.29 is 34.6 Å². The zero-order valence-electron chi connectivity index (χ0n) is 3.20. The molecule has 0 amide bonds. The van der Waals surface area contributed by atoms with E-state index in [0.717, 1.165) is 0 Å². The summed E-state index contributed by atoms with van der Waals surface area (Å²) in [5.74, 6) is 0. The average molecular weight is 274 g/mol. The number of hydrogen-bond acceptors (Lipinski definition) is 2. The van der Waals surface area contributed by atoms with Crippen LogP contribution in [-0.4, -0.2) is 41.4 Å². The van der Waals surface area contributed by atoms with E-state index < -0.39 is 10.4 Å². The summed E-state index contributed by atoms with van der Waals surface area (Å²) in [6.07, 6.45) is 0. The van der Waals surface area contributed by atoms with Gasteiger partial charge < -0.3 is 0 Å². The first-order chi connectivity index (χ1) is 2.00. The van der Waals surface area contributed by atoms with Crippen LogP contribution >= 0.6 is 0 Å². The van der Waals surface area contributed by atoms with E-state index in [1.807, 2.05) is 0 Å². The first-order valence-electron chi connectivity index (χ1n) is 0.698. The van der Waals surface area contributed by atoms with E-state index in [2.05, 4.69) is 0 Å². The van der Waals surface area contributed by atoms with Crippen LogP contribution in [0.2, 0.25) is 0 Å². The Morgan fingerprint density at radius 1 is 1.14 bits per heavy atom. The van der Waals surface area contributed by atoms with Crippen LogP contribution in [-0.2, 0) is 27.5 Å². The van der Waals surface area contributed by atoms with E-state index in [0.29, 0.717) is 0 Å². The van der Waals surface area contributed by atoms with Crippen molar-refractivity contribution in [2.45, 2.75) is 0 Å². The first-order valence-corrected chi connectivity index (χ1v) is 2.10. The molecule has 7 heteroatoms. The molecule has 0 saturated carbocycles. The molecule has 7 heavy (non-hydrogen) atoms. The van der Waals surface area contributed by atoms with Gasteiger partial charge in [-0.3, -0.25) is 9.11 Å². The zero-order valence-corrected chi connectivity index (χ0v) is 9.24. The van der Waals surface area contributed by atoms with Crippen LogP contribution in [0.25, 0.3) is 0 Å². The Labute approximate surface area is 68.7 Å². The summed E-state index contributed by atoms with van der Waals surface area (Å²) in [5.41, 5.74) is 0. The molecule has 0 fully saturated rings. The molecule has 0 heterocycles. The Bertz CT molecular complexity index is 94.9. The summed E-state index contributed by atoms with van der Waals surface area (Å²) in [7, 11) is -4.67. The van der Waals surface area contributed by atoms with E-state index in [1.54, 1.807) is 0 Å². The first kappa shape index (κ1) is 15.7. The molecule has 0 aliphatic heterocycles. The fourth-order valence-electron chi connectivity index (χ4n) is 0. The van der Waals surface area contributed by atoms with Gasteiger partial charge in [0, 0.05) is 17.1 Å². The molecule has 0 saturated heterocycles. The molecule has 0 aromatic rings. The number of rotatable bonds is 0. The third kappa shape index (κ3) is 137. The van der Waals surface area contributed by atoms with Gasteiger partial charge in [0.15, 0.2) is 0 Å². The second-order valence-electron chi connectivity index (χ2n) is 0.448. The Morgan fingerprint density at radius 3 is 1.14 bits per heavy atom. The molecule has 0 unspecified atom stereocenters. The molecule has 0 aromatic heterocycles. The predicted octanol–water partition coefficient (Wildman–Crippen LogP) is -1.57. The molecule has 4 nitrogen and oxygen atoms in total. The summed E-state index contributed by atoms with van der Waals surface area (Å²) in [5, 5.41) is 0. The minimum atomic E-state index is -4.67. The van der Waals surface area contributed by atoms with Crippen molar-refractivity contribution >= 4 is 34.3 Å². The van der Waals surface area contributed by atoms with Gasteiger partial charge >= 0.3 is 34.3 Å². The van der Waals surface area contributed by atoms with Gasteiger partial charge in [-0.15, -0.1) is 0 Å². The quantitative estimate of drug-likeness (QED) is 0.413. The normalized spacial score (nSPS) is 8.29. The molecule has 0 aliphatic rings. The predicted molar refractivity (Wildman–Crippen MR) is 22.7 cm³/mol. The topological polar surface area (TPSA) is 74.6 Å². The van der Waals surface area contributed by atoms with E-state index in [-0.39, 0.29) is 41.0 Å². The molecule has 0 spiro atoms. The van der Waals surface area contributed by atoms with Gasteiger partial charge in [-0.25, -0.2) is 0 Å². The van der Waals surface area contributed by atoms with Gasteiger partial charge in [-0.05, 0) is 0 Å². The van der Waals surface area contributed by atoms with Crippen LogP contribution in [0.1, 0.15) is 0 Å². The van der Waals surface area contributed by atoms with Crippen molar-refractivity contribution in [2.24, 2.45) is 0 Å². The summed E-state index contributed by atoms with van der Waals surface area (Å²) >= 11 is 0. The molecule has 0 aliphatic carbocycles. The minimum absolute atomic E-state index is 0. The molecule has 0 aromatic carbocycles. The zero-order chi connectivity index (χ0) is 4.50. The van der Waals surface area contributed by atoms with Gasteiger partial charge in [-0.2, -0.15) is 8.42 Å². The molecule has 0 bridgehead atoms. The van der Waals surface area contributed by atoms with Crippen LogP contribution in [0.15, 0.2) is 0 Å². The Kier molecular flexibility index (Phi) is 12.0. The average Bonchev–Trinajstić information content (AvgIpc) is 0.722. The van der Waals surface area contributed by atoms with E-state index in [4.69, 9.17) is 17.5 Å². The van der Waals surface area contributed by atoms with Crippen LogP contribution in [0, 0.1) is 0 Å². The van der Waals surface area contributed by atoms with Crippen molar-refractivity contribution in [1.29, 1.82) is 0 Å². The van der Waals surface area contributed by atoms with Crippen molar-refractivity contribution in [2.75, 3.05) is 0 Å². The number of hydrogen-bond donors (Lipinski definition) is 2. The van der Waals surface area contributed by atoms with Gasteiger partial charge in [0.25, 0.3) is 0 Å². The Morgan fingerprint density at radius 2 is 1.14 bits per heavy atom. The van der Waals surface area contributed by atoms with Crippen molar-refractivity contribution in [3.05, 3.63) is 0 Å². The van der Waals surface area contributed by atoms with Gasteiger partial charge in [0.05, 0.1) is 0 Å². The maximum absolute atomic E-state index is 8.74. The van der Waals surface area contributed by atoms with Gasteiger partial charge in [0.2, 0.25) is 0 Å². The fraction of sp³-hybridized carbons (Fsp3) is 0. The molecular weight excluding hydrogens is 270 g/mol. The SMILES string of the molecule is O=S(=O)(O)O.[Mn].[SnH2]. The van der Waals surface area contributed by atoms with Crippen LogP contribution in [0.3, 0.4) is 0 Å². The summed E-state index contributed by atoms with van der Waals surface area (Å²) in [6.45, 7) is 0. The summed E-state index contributed by atoms with van der Waals surface area (Å²) in [4.78, 5) is 0. The van der Waals surface area contributed by atoms with Crippen molar-refractivity contribution in [1.82, 2.24) is 0 Å². The van der Waals surface area contributed by atoms with Gasteiger partial charge in [-0.1, -0.05) is 0 Å². The van der Waals surface area contributed by atoms with Crippen molar-refractivity contribution in [3.63, 3.8) is 0 Å². The molecule has 0 rings (SSSR count). The van der Waals surface area contributed by atoms with E-state index in [9.17, 15) is 0 Å². The molecule has 45 valence electrons. The maximum atomic E-state index is 8.74. The third-order valence-corrected chi connectivity index (χ3v) is 0.